The quantitative estimate of drug-likeness (QED) is 0.899. The van der Waals surface area contributed by atoms with Gasteiger partial charge in [0.15, 0.2) is 11.5 Å². The van der Waals surface area contributed by atoms with Gasteiger partial charge in [0.1, 0.15) is 0 Å². The lowest BCUT2D eigenvalue weighted by atomic mass is 10.1. The van der Waals surface area contributed by atoms with Crippen LogP contribution in [0.5, 0.6) is 11.5 Å². The summed E-state index contributed by atoms with van der Waals surface area (Å²) < 4.78 is 5.17. The molecule has 1 aromatic carbocycles. The summed E-state index contributed by atoms with van der Waals surface area (Å²) in [6.45, 7) is 5.45. The number of phenolic OH excluding ortho intramolecular Hbond substituents is 1. The maximum atomic E-state index is 10.1. The van der Waals surface area contributed by atoms with E-state index in [9.17, 15) is 5.11 Å². The average Bonchev–Trinajstić information content (AvgIpc) is 2.88. The molecule has 3 rings (SSSR count). The molecule has 4 nitrogen and oxygen atoms in total. The summed E-state index contributed by atoms with van der Waals surface area (Å²) in [7, 11) is 1.59. The van der Waals surface area contributed by atoms with Crippen molar-refractivity contribution in [2.75, 3.05) is 33.3 Å². The Balaban J connectivity index is 1.68. The van der Waals surface area contributed by atoms with Crippen LogP contribution < -0.4 is 4.74 Å². The number of ether oxygens (including phenoxy) is 1. The summed E-state index contributed by atoms with van der Waals surface area (Å²) in [5.41, 5.74) is 0.964. The molecule has 2 aliphatic heterocycles. The van der Waals surface area contributed by atoms with Crippen molar-refractivity contribution < 1.29 is 9.84 Å². The molecule has 0 aromatic heterocycles. The van der Waals surface area contributed by atoms with Gasteiger partial charge in [-0.15, -0.1) is 0 Å². The van der Waals surface area contributed by atoms with Gasteiger partial charge < -0.3 is 9.84 Å². The predicted octanol–water partition coefficient (Wildman–Crippen LogP) is 1.68. The van der Waals surface area contributed by atoms with E-state index in [2.05, 4.69) is 9.80 Å². The Kier molecular flexibility index (Phi) is 3.62. The van der Waals surface area contributed by atoms with Gasteiger partial charge in [-0.1, -0.05) is 12.1 Å². The van der Waals surface area contributed by atoms with E-state index >= 15 is 0 Å². The monoisotopic (exact) mass is 262 g/mol. The molecule has 0 amide bonds. The number of rotatable bonds is 3. The molecule has 2 heterocycles. The van der Waals surface area contributed by atoms with Gasteiger partial charge in [-0.3, -0.25) is 9.80 Å². The maximum Gasteiger partial charge on any atom is 0.162 e. The summed E-state index contributed by atoms with van der Waals surface area (Å²) in [5.74, 6) is 0.857. The van der Waals surface area contributed by atoms with Gasteiger partial charge in [0, 0.05) is 37.8 Å². The molecule has 104 valence electrons. The van der Waals surface area contributed by atoms with Crippen LogP contribution in [0.15, 0.2) is 18.2 Å². The molecule has 0 saturated carbocycles. The minimum Gasteiger partial charge on any atom is -0.504 e. The number of aromatic hydroxyl groups is 1. The Morgan fingerprint density at radius 2 is 2.21 bits per heavy atom. The fraction of sp³-hybridized carbons (Fsp3) is 0.600. The molecule has 2 aliphatic rings. The van der Waals surface area contributed by atoms with E-state index in [4.69, 9.17) is 4.74 Å². The number of para-hydroxylation sites is 1. The summed E-state index contributed by atoms with van der Waals surface area (Å²) in [4.78, 5) is 5.04. The van der Waals surface area contributed by atoms with Gasteiger partial charge >= 0.3 is 0 Å². The first-order valence-electron chi connectivity index (χ1n) is 7.09. The number of fused-ring (bicyclic) bond motifs is 1. The Labute approximate surface area is 114 Å². The van der Waals surface area contributed by atoms with Crippen molar-refractivity contribution in [3.63, 3.8) is 0 Å². The zero-order chi connectivity index (χ0) is 13.2. The third kappa shape index (κ3) is 2.55. The Morgan fingerprint density at radius 3 is 3.05 bits per heavy atom. The van der Waals surface area contributed by atoms with Crippen LogP contribution in [0.2, 0.25) is 0 Å². The summed E-state index contributed by atoms with van der Waals surface area (Å²) in [6.07, 6.45) is 2.66. The number of benzene rings is 1. The van der Waals surface area contributed by atoms with Gasteiger partial charge in [-0.25, -0.2) is 0 Å². The number of phenols is 1. The first-order valence-corrected chi connectivity index (χ1v) is 7.09. The number of hydrogen-bond acceptors (Lipinski definition) is 4. The molecule has 19 heavy (non-hydrogen) atoms. The van der Waals surface area contributed by atoms with Crippen molar-refractivity contribution in [1.29, 1.82) is 0 Å². The van der Waals surface area contributed by atoms with Gasteiger partial charge in [-0.05, 0) is 25.5 Å². The molecule has 1 unspecified atom stereocenters. The molecule has 2 saturated heterocycles. The molecule has 1 N–H and O–H groups in total. The standard InChI is InChI=1S/C15H22N2O2/c1-19-14-6-2-4-12(15(14)18)10-16-8-9-17-7-3-5-13(17)11-16/h2,4,6,13,18H,3,5,7-11H2,1H3. The lowest BCUT2D eigenvalue weighted by molar-refractivity contribution is 0.0986. The lowest BCUT2D eigenvalue weighted by Gasteiger charge is -2.37. The Bertz CT molecular complexity index is 450. The van der Waals surface area contributed by atoms with Gasteiger partial charge in [-0.2, -0.15) is 0 Å². The number of nitrogens with zero attached hydrogens (tertiary/aromatic N) is 2. The van der Waals surface area contributed by atoms with E-state index < -0.39 is 0 Å². The molecule has 0 bridgehead atoms. The zero-order valence-corrected chi connectivity index (χ0v) is 11.5. The van der Waals surface area contributed by atoms with Crippen LogP contribution in [0.1, 0.15) is 18.4 Å². The number of methoxy groups -OCH3 is 1. The molecular formula is C15H22N2O2. The number of hydrogen-bond donors (Lipinski definition) is 1. The molecule has 4 heteroatoms. The van der Waals surface area contributed by atoms with E-state index in [1.54, 1.807) is 13.2 Å². The number of piperazine rings is 1. The third-order valence-electron chi connectivity index (χ3n) is 4.37. The molecule has 2 fully saturated rings. The normalized spacial score (nSPS) is 24.4. The van der Waals surface area contributed by atoms with Crippen LogP contribution in [-0.4, -0.2) is 54.2 Å². The molecule has 1 atom stereocenters. The zero-order valence-electron chi connectivity index (χ0n) is 11.5. The van der Waals surface area contributed by atoms with Gasteiger partial charge in [0.05, 0.1) is 7.11 Å². The fourth-order valence-corrected chi connectivity index (χ4v) is 3.30. The highest BCUT2D eigenvalue weighted by Crippen LogP contribution is 2.31. The highest BCUT2D eigenvalue weighted by atomic mass is 16.5. The largest absolute Gasteiger partial charge is 0.504 e. The molecule has 0 radical (unpaired) electrons. The predicted molar refractivity (Wildman–Crippen MR) is 74.5 cm³/mol. The molecular weight excluding hydrogens is 240 g/mol. The van der Waals surface area contributed by atoms with Crippen LogP contribution in [0.3, 0.4) is 0 Å². The lowest BCUT2D eigenvalue weighted by Crippen LogP contribution is -2.49. The second kappa shape index (κ2) is 5.39. The van der Waals surface area contributed by atoms with E-state index in [1.807, 2.05) is 12.1 Å². The summed E-state index contributed by atoms with van der Waals surface area (Å²) in [5, 5.41) is 10.1. The summed E-state index contributed by atoms with van der Waals surface area (Å²) >= 11 is 0. The van der Waals surface area contributed by atoms with E-state index in [0.717, 1.165) is 37.8 Å². The first-order chi connectivity index (χ1) is 9.28. The smallest absolute Gasteiger partial charge is 0.162 e. The van der Waals surface area contributed by atoms with Crippen LogP contribution >= 0.6 is 0 Å². The highest BCUT2D eigenvalue weighted by Gasteiger charge is 2.30. The van der Waals surface area contributed by atoms with E-state index in [0.29, 0.717) is 11.5 Å². The van der Waals surface area contributed by atoms with E-state index in [-0.39, 0.29) is 0 Å². The maximum absolute atomic E-state index is 10.1. The van der Waals surface area contributed by atoms with Crippen LogP contribution in [0.25, 0.3) is 0 Å². The van der Waals surface area contributed by atoms with Crippen LogP contribution in [0.4, 0.5) is 0 Å². The van der Waals surface area contributed by atoms with Crippen molar-refractivity contribution in [2.45, 2.75) is 25.4 Å². The van der Waals surface area contributed by atoms with Gasteiger partial charge in [0.2, 0.25) is 0 Å². The van der Waals surface area contributed by atoms with Crippen molar-refractivity contribution >= 4 is 0 Å². The first kappa shape index (κ1) is 12.8. The van der Waals surface area contributed by atoms with Crippen molar-refractivity contribution in [3.05, 3.63) is 23.8 Å². The minimum atomic E-state index is 0.291. The fourth-order valence-electron chi connectivity index (χ4n) is 3.30. The highest BCUT2D eigenvalue weighted by molar-refractivity contribution is 5.45. The Hall–Kier alpha value is -1.26. The third-order valence-corrected chi connectivity index (χ3v) is 4.37. The molecule has 0 spiro atoms. The minimum absolute atomic E-state index is 0.291. The van der Waals surface area contributed by atoms with Crippen LogP contribution in [0, 0.1) is 0 Å². The second-order valence-corrected chi connectivity index (χ2v) is 5.54. The van der Waals surface area contributed by atoms with Crippen molar-refractivity contribution in [1.82, 2.24) is 9.80 Å². The topological polar surface area (TPSA) is 35.9 Å². The SMILES string of the molecule is COc1cccc(CN2CCN3CCCC3C2)c1O. The van der Waals surface area contributed by atoms with Crippen LogP contribution in [-0.2, 0) is 6.54 Å². The van der Waals surface area contributed by atoms with E-state index in [1.165, 1.54) is 19.4 Å². The molecule has 0 aliphatic carbocycles. The van der Waals surface area contributed by atoms with Gasteiger partial charge in [0.25, 0.3) is 0 Å². The van der Waals surface area contributed by atoms with Crippen molar-refractivity contribution in [2.24, 2.45) is 0 Å². The second-order valence-electron chi connectivity index (χ2n) is 5.54. The molecule has 1 aromatic rings. The summed E-state index contributed by atoms with van der Waals surface area (Å²) in [6, 6.07) is 6.45. The average molecular weight is 262 g/mol. The Morgan fingerprint density at radius 1 is 1.32 bits per heavy atom. The van der Waals surface area contributed by atoms with Crippen molar-refractivity contribution in [3.8, 4) is 11.5 Å².